The Hall–Kier alpha value is -0.747. The molecule has 0 N–H and O–H groups in total. The van der Waals surface area contributed by atoms with Crippen molar-refractivity contribution < 1.29 is 49.0 Å². The number of fused-ring (bicyclic) bond motifs is 3. The first-order valence-electron chi connectivity index (χ1n) is 12.4. The molecule has 1 saturated carbocycles. The van der Waals surface area contributed by atoms with Crippen LogP contribution in [0.25, 0.3) is 11.1 Å². The van der Waals surface area contributed by atoms with Crippen molar-refractivity contribution in [2.45, 2.75) is 98.3 Å². The normalized spacial score (nSPS) is 14.9. The summed E-state index contributed by atoms with van der Waals surface area (Å²) in [5.41, 5.74) is 11.6. The molecule has 1 fully saturated rings. The van der Waals surface area contributed by atoms with Crippen molar-refractivity contribution in [3.63, 3.8) is 0 Å². The molecule has 35 heavy (non-hydrogen) atoms. The minimum atomic E-state index is 0. The van der Waals surface area contributed by atoms with Crippen molar-refractivity contribution in [1.82, 2.24) is 0 Å². The van der Waals surface area contributed by atoms with Gasteiger partial charge in [0.1, 0.15) is 0 Å². The molecule has 0 unspecified atom stereocenters. The first-order valence-corrected chi connectivity index (χ1v) is 13.6. The second-order valence-corrected chi connectivity index (χ2v) is 13.4. The van der Waals surface area contributed by atoms with Gasteiger partial charge in [-0.2, -0.15) is 23.8 Å². The second kappa shape index (κ2) is 13.2. The molecular weight excluding hydrogens is 546 g/mol. The number of aryl methyl sites for hydroxylation is 2. The zero-order valence-electron chi connectivity index (χ0n) is 22.8. The summed E-state index contributed by atoms with van der Waals surface area (Å²) in [6.45, 7) is 18.2. The first-order chi connectivity index (χ1) is 15.4. The molecule has 3 heteroatoms. The molecule has 0 heterocycles. The topological polar surface area (TPSA) is 0 Å². The van der Waals surface area contributed by atoms with Gasteiger partial charge in [-0.1, -0.05) is 71.6 Å². The number of hydrogen-bond donors (Lipinski definition) is 0. The van der Waals surface area contributed by atoms with Crippen LogP contribution in [0.2, 0.25) is 0 Å². The summed E-state index contributed by atoms with van der Waals surface area (Å²) in [7, 11) is 0. The first kappa shape index (κ1) is 32.3. The third kappa shape index (κ3) is 8.38. The molecule has 2 aromatic rings. The van der Waals surface area contributed by atoms with Gasteiger partial charge in [0.2, 0.25) is 0 Å². The quantitative estimate of drug-likeness (QED) is 0.356. The molecule has 0 amide bonds. The van der Waals surface area contributed by atoms with Gasteiger partial charge >= 0.3 is 46.7 Å². The van der Waals surface area contributed by atoms with Crippen LogP contribution in [0.3, 0.4) is 0 Å². The van der Waals surface area contributed by atoms with E-state index < -0.39 is 0 Å². The molecule has 0 nitrogen and oxygen atoms in total. The van der Waals surface area contributed by atoms with Gasteiger partial charge in [-0.3, -0.25) is 6.08 Å². The predicted molar refractivity (Wildman–Crippen MR) is 141 cm³/mol. The van der Waals surface area contributed by atoms with Crippen LogP contribution in [0, 0.1) is 26.0 Å². The molecule has 0 aliphatic heterocycles. The van der Waals surface area contributed by atoms with Crippen LogP contribution < -0.4 is 24.8 Å². The van der Waals surface area contributed by atoms with E-state index in [1.165, 1.54) is 63.8 Å². The third-order valence-corrected chi connectivity index (χ3v) is 7.85. The van der Waals surface area contributed by atoms with Gasteiger partial charge < -0.3 is 24.8 Å². The summed E-state index contributed by atoms with van der Waals surface area (Å²) in [5, 5.41) is 0. The fourth-order valence-electron chi connectivity index (χ4n) is 4.72. The fourth-order valence-corrected chi connectivity index (χ4v) is 5.59. The van der Waals surface area contributed by atoms with Gasteiger partial charge in [0.15, 0.2) is 0 Å². The Morgan fingerprint density at radius 2 is 1.40 bits per heavy atom. The SMILES string of the molecule is Cc1[c-]c2c(cc1C(C)(C)C)-c1cc(C(C)(C)C)c(C)cc1C2.[C-]1=CC=CC1.[Cl-].[Cl-].[Zr+2]=[C]1CCC1. The van der Waals surface area contributed by atoms with Crippen molar-refractivity contribution in [2.24, 2.45) is 0 Å². The molecule has 0 saturated heterocycles. The van der Waals surface area contributed by atoms with Crippen LogP contribution in [-0.2, 0) is 41.5 Å². The molecule has 188 valence electrons. The summed E-state index contributed by atoms with van der Waals surface area (Å²) in [4.78, 5) is 0. The van der Waals surface area contributed by atoms with Crippen molar-refractivity contribution in [2.75, 3.05) is 0 Å². The molecule has 0 bridgehead atoms. The number of halogens is 2. The second-order valence-electron chi connectivity index (χ2n) is 11.7. The summed E-state index contributed by atoms with van der Waals surface area (Å²) < 4.78 is 1.78. The average molecular weight is 587 g/mol. The number of hydrogen-bond acceptors (Lipinski definition) is 0. The fraction of sp³-hybridized carbons (Fsp3) is 0.469. The van der Waals surface area contributed by atoms with Crippen LogP contribution in [0.4, 0.5) is 0 Å². The van der Waals surface area contributed by atoms with Crippen molar-refractivity contribution in [3.05, 3.63) is 82.0 Å². The Morgan fingerprint density at radius 3 is 1.80 bits per heavy atom. The maximum atomic E-state index is 3.69. The van der Waals surface area contributed by atoms with Crippen LogP contribution >= 0.6 is 0 Å². The van der Waals surface area contributed by atoms with E-state index in [9.17, 15) is 0 Å². The maximum absolute atomic E-state index is 3.69. The molecule has 0 radical (unpaired) electrons. The summed E-state index contributed by atoms with van der Waals surface area (Å²) in [6.07, 6.45) is 15.4. The zero-order valence-corrected chi connectivity index (χ0v) is 26.7. The minimum absolute atomic E-state index is 0. The van der Waals surface area contributed by atoms with Crippen molar-refractivity contribution >= 4 is 3.21 Å². The molecule has 5 rings (SSSR count). The van der Waals surface area contributed by atoms with E-state index in [1.54, 1.807) is 27.4 Å². The average Bonchev–Trinajstić information content (AvgIpc) is 3.34. The van der Waals surface area contributed by atoms with Gasteiger partial charge in [0.05, 0.1) is 0 Å². The van der Waals surface area contributed by atoms with Crippen molar-refractivity contribution in [1.29, 1.82) is 0 Å². The van der Waals surface area contributed by atoms with Gasteiger partial charge in [-0.05, 0) is 35.4 Å². The van der Waals surface area contributed by atoms with Crippen LogP contribution in [0.15, 0.2) is 36.4 Å². The van der Waals surface area contributed by atoms with E-state index in [4.69, 9.17) is 0 Å². The molecular formula is C32H40Cl2Zr-2. The summed E-state index contributed by atoms with van der Waals surface area (Å²) >= 11 is 1.67. The Balaban J connectivity index is 0.000000423. The number of allylic oxidation sites excluding steroid dienone is 4. The van der Waals surface area contributed by atoms with Gasteiger partial charge in [0.25, 0.3) is 0 Å². The number of rotatable bonds is 0. The molecule has 3 aliphatic carbocycles. The molecule has 2 aromatic carbocycles. The van der Waals surface area contributed by atoms with E-state index in [0.29, 0.717) is 0 Å². The van der Waals surface area contributed by atoms with Crippen LogP contribution in [0.5, 0.6) is 0 Å². The monoisotopic (exact) mass is 584 g/mol. The molecule has 3 aliphatic rings. The Morgan fingerprint density at radius 1 is 0.829 bits per heavy atom. The van der Waals surface area contributed by atoms with Gasteiger partial charge in [0, 0.05) is 0 Å². The van der Waals surface area contributed by atoms with Crippen molar-refractivity contribution in [3.8, 4) is 11.1 Å². The van der Waals surface area contributed by atoms with Gasteiger partial charge in [-0.25, -0.2) is 12.2 Å². The predicted octanol–water partition coefficient (Wildman–Crippen LogP) is 2.47. The van der Waals surface area contributed by atoms with E-state index in [1.807, 2.05) is 12.2 Å². The zero-order chi connectivity index (χ0) is 24.4. The Kier molecular flexibility index (Phi) is 12.1. The van der Waals surface area contributed by atoms with E-state index in [2.05, 4.69) is 91.8 Å². The standard InChI is InChI=1S/C23H29.C5H5.C4H6.2ClH.Zr/c1-14-9-16-11-17-10-15(2)21(23(6,7)8)13-19(17)18(16)12-20(14)22(3,4)5;1-2-4-5-3-1;1-2-4-3-1;;;/h9,12-13H,11H2,1-8H3;1-3H,4H2;1-3H2;2*1H;/q2*-1;;;;+2/p-2. The van der Waals surface area contributed by atoms with Crippen LogP contribution in [0.1, 0.15) is 101 Å². The Bertz CT molecular complexity index is 1010. The van der Waals surface area contributed by atoms with Gasteiger partial charge in [-0.15, -0.1) is 23.1 Å². The van der Waals surface area contributed by atoms with E-state index >= 15 is 0 Å². The third-order valence-electron chi connectivity index (χ3n) is 6.62. The molecule has 0 aromatic heterocycles. The van der Waals surface area contributed by atoms with Crippen LogP contribution in [-0.4, -0.2) is 3.21 Å². The summed E-state index contributed by atoms with van der Waals surface area (Å²) in [6, 6.07) is 10.9. The van der Waals surface area contributed by atoms with E-state index in [0.717, 1.165) is 12.8 Å². The number of benzene rings is 2. The Labute approximate surface area is 242 Å². The van der Waals surface area contributed by atoms with E-state index in [-0.39, 0.29) is 35.6 Å². The molecule has 0 atom stereocenters. The molecule has 0 spiro atoms. The summed E-state index contributed by atoms with van der Waals surface area (Å²) in [5.74, 6) is 0.